The molecule has 0 N–H and O–H groups in total. The quantitative estimate of drug-likeness (QED) is 0.168. The van der Waals surface area contributed by atoms with E-state index < -0.39 is 11.7 Å². The van der Waals surface area contributed by atoms with E-state index >= 15 is 13.2 Å². The van der Waals surface area contributed by atoms with E-state index in [0.717, 1.165) is 27.6 Å². The van der Waals surface area contributed by atoms with Crippen LogP contribution in [0.1, 0.15) is 40.0 Å². The molecule has 0 aliphatic carbocycles. The third-order valence-corrected chi connectivity index (χ3v) is 11.1. The second-order valence-corrected chi connectivity index (χ2v) is 15.0. The Morgan fingerprint density at radius 3 is 1.35 bits per heavy atom. The van der Waals surface area contributed by atoms with Crippen LogP contribution in [0.3, 0.4) is 0 Å². The summed E-state index contributed by atoms with van der Waals surface area (Å²) in [6.07, 6.45) is -4.82. The van der Waals surface area contributed by atoms with Gasteiger partial charge in [-0.25, -0.2) is 29.9 Å². The van der Waals surface area contributed by atoms with Gasteiger partial charge in [-0.05, 0) is 81.8 Å². The van der Waals surface area contributed by atoms with Crippen LogP contribution in [0.25, 0.3) is 88.9 Å². The van der Waals surface area contributed by atoms with Gasteiger partial charge in [0, 0.05) is 38.2 Å². The monoisotopic (exact) mass is 816 g/mol. The maximum atomic E-state index is 15.1. The first kappa shape index (κ1) is 37.9. The van der Waals surface area contributed by atoms with Crippen LogP contribution >= 0.6 is 0 Å². The lowest BCUT2D eigenvalue weighted by atomic mass is 9.92. The van der Waals surface area contributed by atoms with Crippen molar-refractivity contribution in [3.8, 4) is 57.4 Å². The molecule has 0 saturated carbocycles. The summed E-state index contributed by atoms with van der Waals surface area (Å²) in [4.78, 5) is 27.2. The van der Waals surface area contributed by atoms with Crippen molar-refractivity contribution in [3.05, 3.63) is 155 Å². The predicted octanol–water partition coefficient (Wildman–Crippen LogP) is 11.2. The number of benzene rings is 6. The van der Waals surface area contributed by atoms with Crippen molar-refractivity contribution in [3.63, 3.8) is 0 Å². The number of rotatable bonds is 5. The first-order valence-corrected chi connectivity index (χ1v) is 19.6. The van der Waals surface area contributed by atoms with Crippen molar-refractivity contribution in [2.75, 3.05) is 0 Å². The summed E-state index contributed by atoms with van der Waals surface area (Å²) in [5, 5.41) is 25.2. The van der Waals surface area contributed by atoms with Crippen LogP contribution in [-0.2, 0) is 6.18 Å². The third-order valence-electron chi connectivity index (χ3n) is 11.1. The number of aryl methyl sites for hydroxylation is 4. The molecule has 13 heteroatoms. The molecule has 0 spiro atoms. The standard InChI is InChI=1S/C49H31F3N10/c1-26-55-27(2)58-47(57-26)30-16-18-36-34-11-5-7-14-40(34)61(42(36)20-30)44-22-33(46-32(24-53)10-9-13-39(46)49(50,51)52)23-45(38(44)25-54)62-41-15-8-6-12-35(41)37-19-17-31(21-43(37)62)48-59-28(3)56-29(4)60-48/h5-23H,1-4H3. The zero-order valence-electron chi connectivity index (χ0n) is 33.6. The fourth-order valence-electron chi connectivity index (χ4n) is 8.64. The number of fused-ring (bicyclic) bond motifs is 6. The molecule has 0 atom stereocenters. The Labute approximate surface area is 351 Å². The Kier molecular flexibility index (Phi) is 8.68. The Hall–Kier alpha value is -8.29. The van der Waals surface area contributed by atoms with E-state index in [1.165, 1.54) is 12.1 Å². The molecule has 0 saturated heterocycles. The smallest absolute Gasteiger partial charge is 0.308 e. The lowest BCUT2D eigenvalue weighted by Crippen LogP contribution is -2.10. The topological polar surface area (TPSA) is 135 Å². The zero-order valence-corrected chi connectivity index (χ0v) is 33.6. The Morgan fingerprint density at radius 1 is 0.468 bits per heavy atom. The number of hydrogen-bond donors (Lipinski definition) is 0. The largest absolute Gasteiger partial charge is 0.417 e. The third kappa shape index (κ3) is 6.09. The van der Waals surface area contributed by atoms with E-state index in [-0.39, 0.29) is 22.3 Å². The van der Waals surface area contributed by atoms with Gasteiger partial charge >= 0.3 is 6.18 Å². The Morgan fingerprint density at radius 2 is 0.919 bits per heavy atom. The van der Waals surface area contributed by atoms with Crippen LogP contribution in [-0.4, -0.2) is 39.0 Å². The number of para-hydroxylation sites is 2. The number of aromatic nitrogens is 8. The average molecular weight is 817 g/mol. The van der Waals surface area contributed by atoms with Crippen molar-refractivity contribution in [2.24, 2.45) is 0 Å². The number of nitriles is 2. The maximum Gasteiger partial charge on any atom is 0.417 e. The lowest BCUT2D eigenvalue weighted by molar-refractivity contribution is -0.137. The summed E-state index contributed by atoms with van der Waals surface area (Å²) in [5.41, 5.74) is 3.52. The van der Waals surface area contributed by atoms with Crippen molar-refractivity contribution in [2.45, 2.75) is 33.9 Å². The number of halogens is 3. The molecule has 0 unspecified atom stereocenters. The van der Waals surface area contributed by atoms with Crippen molar-refractivity contribution in [1.82, 2.24) is 39.0 Å². The molecule has 10 rings (SSSR count). The number of nitrogens with zero attached hydrogens (tertiary/aromatic N) is 10. The minimum atomic E-state index is -4.82. The molecule has 62 heavy (non-hydrogen) atoms. The molecule has 0 radical (unpaired) electrons. The van der Waals surface area contributed by atoms with E-state index in [1.54, 1.807) is 39.8 Å². The molecule has 298 valence electrons. The second kappa shape index (κ2) is 14.2. The van der Waals surface area contributed by atoms with Crippen LogP contribution in [0, 0.1) is 50.4 Å². The minimum Gasteiger partial charge on any atom is -0.308 e. The van der Waals surface area contributed by atoms with Crippen LogP contribution in [0.2, 0.25) is 0 Å². The molecule has 10 nitrogen and oxygen atoms in total. The van der Waals surface area contributed by atoms with Crippen LogP contribution in [0.15, 0.2) is 115 Å². The van der Waals surface area contributed by atoms with Crippen LogP contribution in [0.5, 0.6) is 0 Å². The Balaban J connectivity index is 1.38. The summed E-state index contributed by atoms with van der Waals surface area (Å²) in [5.74, 6) is 3.08. The van der Waals surface area contributed by atoms with Gasteiger partial charge in [-0.1, -0.05) is 66.7 Å². The van der Waals surface area contributed by atoms with Gasteiger partial charge in [0.1, 0.15) is 34.9 Å². The summed E-state index contributed by atoms with van der Waals surface area (Å²) in [7, 11) is 0. The fraction of sp³-hybridized carbons (Fsp3) is 0.102. The molecule has 4 heterocycles. The number of alkyl halides is 3. The van der Waals surface area contributed by atoms with Gasteiger partial charge in [-0.2, -0.15) is 23.7 Å². The SMILES string of the molecule is Cc1nc(C)nc(-c2ccc3c4ccccc4n(-c4cc(-c5c(C#N)cccc5C(F)(F)F)cc(-n5c6ccccc6c6ccc(-c7nc(C)nc(C)n7)cc65)c4C#N)c3c2)n1. The van der Waals surface area contributed by atoms with Gasteiger partial charge < -0.3 is 9.13 Å². The van der Waals surface area contributed by atoms with E-state index in [1.807, 2.05) is 100 Å². The normalized spacial score (nSPS) is 11.8. The first-order valence-electron chi connectivity index (χ1n) is 19.6. The van der Waals surface area contributed by atoms with Gasteiger partial charge in [0.05, 0.1) is 50.6 Å². The van der Waals surface area contributed by atoms with Gasteiger partial charge in [-0.3, -0.25) is 0 Å². The van der Waals surface area contributed by atoms with Gasteiger partial charge in [-0.15, -0.1) is 0 Å². The molecule has 0 bridgehead atoms. The van der Waals surface area contributed by atoms with E-state index in [2.05, 4.69) is 36.0 Å². The molecule has 4 aromatic heterocycles. The highest BCUT2D eigenvalue weighted by Gasteiger charge is 2.35. The molecule has 0 fully saturated rings. The van der Waals surface area contributed by atoms with Crippen LogP contribution in [0.4, 0.5) is 13.2 Å². The molecule has 0 aliphatic heterocycles. The van der Waals surface area contributed by atoms with Crippen molar-refractivity contribution in [1.29, 1.82) is 10.5 Å². The number of hydrogen-bond acceptors (Lipinski definition) is 8. The summed E-state index contributed by atoms with van der Waals surface area (Å²) >= 11 is 0. The molecule has 0 aliphatic rings. The van der Waals surface area contributed by atoms with Crippen LogP contribution < -0.4 is 0 Å². The molecule has 6 aromatic carbocycles. The highest BCUT2D eigenvalue weighted by molar-refractivity contribution is 6.12. The first-order chi connectivity index (χ1) is 29.9. The summed E-state index contributed by atoms with van der Waals surface area (Å²) in [6.45, 7) is 7.16. The second-order valence-electron chi connectivity index (χ2n) is 15.0. The summed E-state index contributed by atoms with van der Waals surface area (Å²) < 4.78 is 49.1. The highest BCUT2D eigenvalue weighted by atomic mass is 19.4. The van der Waals surface area contributed by atoms with E-state index in [4.69, 9.17) is 0 Å². The molecular formula is C49H31F3N10. The maximum absolute atomic E-state index is 15.1. The van der Waals surface area contributed by atoms with Gasteiger partial charge in [0.15, 0.2) is 11.6 Å². The minimum absolute atomic E-state index is 0.0927. The van der Waals surface area contributed by atoms with Gasteiger partial charge in [0.25, 0.3) is 0 Å². The van der Waals surface area contributed by atoms with Gasteiger partial charge in [0.2, 0.25) is 0 Å². The zero-order chi connectivity index (χ0) is 43.0. The highest BCUT2D eigenvalue weighted by Crippen LogP contribution is 2.44. The molecule has 0 amide bonds. The van der Waals surface area contributed by atoms with Crippen molar-refractivity contribution < 1.29 is 13.2 Å². The summed E-state index contributed by atoms with van der Waals surface area (Å²) in [6, 6.07) is 38.2. The molecular weight excluding hydrogens is 786 g/mol. The fourth-order valence-corrected chi connectivity index (χ4v) is 8.64. The predicted molar refractivity (Wildman–Crippen MR) is 232 cm³/mol. The van der Waals surface area contributed by atoms with Crippen molar-refractivity contribution >= 4 is 43.6 Å². The van der Waals surface area contributed by atoms with E-state index in [0.29, 0.717) is 79.5 Å². The van der Waals surface area contributed by atoms with E-state index in [9.17, 15) is 10.5 Å². The lowest BCUT2D eigenvalue weighted by Gasteiger charge is -2.20. The average Bonchev–Trinajstić information content (AvgIpc) is 3.76. The molecule has 10 aromatic rings. The Bertz CT molecular complexity index is 3370.